The van der Waals surface area contributed by atoms with Crippen molar-refractivity contribution >= 4 is 87.5 Å². The van der Waals surface area contributed by atoms with Gasteiger partial charge in [0.05, 0.1) is 33.1 Å². The molecule has 5 heterocycles. The van der Waals surface area contributed by atoms with Crippen LogP contribution in [0.5, 0.6) is 0 Å². The van der Waals surface area contributed by atoms with Gasteiger partial charge >= 0.3 is 0 Å². The van der Waals surface area contributed by atoms with Crippen LogP contribution in [0.1, 0.15) is 0 Å². The first-order valence-electron chi connectivity index (χ1n) is 21.4. The van der Waals surface area contributed by atoms with E-state index < -0.39 is 0 Å². The number of benzene rings is 9. The van der Waals surface area contributed by atoms with Gasteiger partial charge in [0.2, 0.25) is 5.95 Å². The van der Waals surface area contributed by atoms with Gasteiger partial charge in [-0.15, -0.1) is 0 Å². The van der Waals surface area contributed by atoms with Crippen LogP contribution in [0.2, 0.25) is 0 Å². The topological polar surface area (TPSA) is 74.8 Å². The molecule has 14 aromatic rings. The van der Waals surface area contributed by atoms with E-state index in [1.807, 2.05) is 60.7 Å². The molecule has 9 aromatic carbocycles. The zero-order valence-electron chi connectivity index (χ0n) is 34.1. The second kappa shape index (κ2) is 13.3. The van der Waals surface area contributed by atoms with E-state index in [2.05, 4.69) is 149 Å². The average Bonchev–Trinajstić information content (AvgIpc) is 4.11. The van der Waals surface area contributed by atoms with Crippen molar-refractivity contribution in [3.63, 3.8) is 0 Å². The van der Waals surface area contributed by atoms with Crippen molar-refractivity contribution in [2.75, 3.05) is 0 Å². The fraction of sp³-hybridized carbons (Fsp3) is 0. The highest BCUT2D eigenvalue weighted by molar-refractivity contribution is 6.20. The van der Waals surface area contributed by atoms with Crippen molar-refractivity contribution in [1.82, 2.24) is 24.1 Å². The van der Waals surface area contributed by atoms with Crippen molar-refractivity contribution < 1.29 is 8.83 Å². The maximum atomic E-state index is 6.57. The molecule has 0 aliphatic carbocycles. The van der Waals surface area contributed by atoms with Crippen LogP contribution in [0.25, 0.3) is 133 Å². The molecule has 298 valence electrons. The SMILES string of the molecule is c1ccc(-c2ccc3oc4cccc(-n5c6ccccc6c6cc7c(cc65)c5ccccc5n7-c5nc(-c6ccccc6)nc(-c6cccc7oc8ccccc8c67)n5)c4c3c2)cc1. The highest BCUT2D eigenvalue weighted by Crippen LogP contribution is 2.43. The van der Waals surface area contributed by atoms with E-state index >= 15 is 0 Å². The van der Waals surface area contributed by atoms with Crippen LogP contribution in [0, 0.1) is 0 Å². The molecule has 0 fully saturated rings. The Labute approximate surface area is 364 Å². The van der Waals surface area contributed by atoms with Crippen molar-refractivity contribution in [2.45, 2.75) is 0 Å². The molecule has 0 N–H and O–H groups in total. The Morgan fingerprint density at radius 1 is 0.312 bits per heavy atom. The molecular weight excluding hydrogens is 787 g/mol. The lowest BCUT2D eigenvalue weighted by Crippen LogP contribution is -2.06. The van der Waals surface area contributed by atoms with Gasteiger partial charge in [-0.25, -0.2) is 4.98 Å². The molecule has 7 heteroatoms. The minimum absolute atomic E-state index is 0.534. The maximum Gasteiger partial charge on any atom is 0.238 e. The van der Waals surface area contributed by atoms with Crippen molar-refractivity contribution in [3.05, 3.63) is 200 Å². The number of fused-ring (bicyclic) bond motifs is 12. The molecule has 0 atom stereocenters. The Bertz CT molecular complexity index is 4200. The third kappa shape index (κ3) is 5.06. The fourth-order valence-electron chi connectivity index (χ4n) is 9.97. The molecule has 0 saturated heterocycles. The lowest BCUT2D eigenvalue weighted by Gasteiger charge is -2.12. The third-order valence-corrected chi connectivity index (χ3v) is 12.8. The highest BCUT2D eigenvalue weighted by Gasteiger charge is 2.24. The van der Waals surface area contributed by atoms with E-state index in [-0.39, 0.29) is 0 Å². The van der Waals surface area contributed by atoms with E-state index in [0.29, 0.717) is 17.6 Å². The summed E-state index contributed by atoms with van der Waals surface area (Å²) in [5.74, 6) is 1.69. The van der Waals surface area contributed by atoms with Crippen molar-refractivity contribution in [3.8, 4) is 45.5 Å². The first kappa shape index (κ1) is 34.9. The van der Waals surface area contributed by atoms with Crippen molar-refractivity contribution in [2.24, 2.45) is 0 Å². The molecule has 0 amide bonds. The summed E-state index contributed by atoms with van der Waals surface area (Å²) in [4.78, 5) is 15.8. The molecule has 64 heavy (non-hydrogen) atoms. The molecule has 0 saturated carbocycles. The summed E-state index contributed by atoms with van der Waals surface area (Å²) in [5, 5.41) is 8.60. The van der Waals surface area contributed by atoms with E-state index in [9.17, 15) is 0 Å². The van der Waals surface area contributed by atoms with Crippen LogP contribution in [0.3, 0.4) is 0 Å². The van der Waals surface area contributed by atoms with Crippen molar-refractivity contribution in [1.29, 1.82) is 0 Å². The zero-order chi connectivity index (χ0) is 41.9. The smallest absolute Gasteiger partial charge is 0.238 e. The lowest BCUT2D eigenvalue weighted by molar-refractivity contribution is 0.668. The number of furan rings is 2. The summed E-state index contributed by atoms with van der Waals surface area (Å²) in [6.07, 6.45) is 0. The Morgan fingerprint density at radius 2 is 0.875 bits per heavy atom. The first-order chi connectivity index (χ1) is 31.7. The second-order valence-electron chi connectivity index (χ2n) is 16.3. The monoisotopic (exact) mass is 819 g/mol. The van der Waals surface area contributed by atoms with E-state index in [1.54, 1.807) is 0 Å². The number of rotatable bonds is 5. The lowest BCUT2D eigenvalue weighted by atomic mass is 10.0. The van der Waals surface area contributed by atoms with Gasteiger partial charge in [0.25, 0.3) is 0 Å². The molecule has 0 spiro atoms. The van der Waals surface area contributed by atoms with Gasteiger partial charge in [-0.05, 0) is 71.8 Å². The second-order valence-corrected chi connectivity index (χ2v) is 16.3. The standard InChI is InChI=1S/C57H33N5O2/c1-3-15-34(16-4-1)36-29-30-50-43(31-36)54-46(25-14-28-52(54)64-50)61-44-23-10-7-19-37(44)41-33-48-42(32-47(41)61)38-20-8-11-24-45(38)62(48)57-59-55(35-17-5-2-6-18-35)58-56(60-57)40-22-13-27-51-53(40)39-21-9-12-26-49(39)63-51/h1-33H. The average molecular weight is 820 g/mol. The number of hydrogen-bond acceptors (Lipinski definition) is 5. The summed E-state index contributed by atoms with van der Waals surface area (Å²) in [6.45, 7) is 0. The van der Waals surface area contributed by atoms with Gasteiger partial charge in [0.1, 0.15) is 22.3 Å². The molecule has 5 aromatic heterocycles. The molecule has 14 rings (SSSR count). The number of para-hydroxylation sites is 3. The third-order valence-electron chi connectivity index (χ3n) is 12.8. The fourth-order valence-corrected chi connectivity index (χ4v) is 9.97. The Kier molecular flexibility index (Phi) is 7.27. The molecule has 0 aliphatic heterocycles. The summed E-state index contributed by atoms with van der Waals surface area (Å²) in [5.41, 5.74) is 12.7. The summed E-state index contributed by atoms with van der Waals surface area (Å²) < 4.78 is 17.5. The normalized spacial score (nSPS) is 12.1. The van der Waals surface area contributed by atoms with Crippen LogP contribution < -0.4 is 0 Å². The summed E-state index contributed by atoms with van der Waals surface area (Å²) in [6, 6.07) is 69.7. The van der Waals surface area contributed by atoms with E-state index in [0.717, 1.165) is 110 Å². The van der Waals surface area contributed by atoms with Gasteiger partial charge in [-0.3, -0.25) is 4.57 Å². The van der Waals surface area contributed by atoms with Gasteiger partial charge in [0, 0.05) is 48.8 Å². The Hall–Kier alpha value is -8.81. The highest BCUT2D eigenvalue weighted by atomic mass is 16.3. The van der Waals surface area contributed by atoms with Gasteiger partial charge in [-0.2, -0.15) is 9.97 Å². The quantitative estimate of drug-likeness (QED) is 0.173. The minimum Gasteiger partial charge on any atom is -0.456 e. The number of nitrogens with zero attached hydrogens (tertiary/aromatic N) is 5. The molecule has 0 aliphatic rings. The maximum absolute atomic E-state index is 6.57. The van der Waals surface area contributed by atoms with Crippen LogP contribution in [0.15, 0.2) is 209 Å². The molecular formula is C57H33N5O2. The van der Waals surface area contributed by atoms with E-state index in [1.165, 1.54) is 5.56 Å². The zero-order valence-corrected chi connectivity index (χ0v) is 34.1. The van der Waals surface area contributed by atoms with Crippen LogP contribution in [0.4, 0.5) is 0 Å². The van der Waals surface area contributed by atoms with Gasteiger partial charge < -0.3 is 13.4 Å². The van der Waals surface area contributed by atoms with Crippen LogP contribution in [-0.4, -0.2) is 24.1 Å². The molecule has 7 nitrogen and oxygen atoms in total. The summed E-state index contributed by atoms with van der Waals surface area (Å²) in [7, 11) is 0. The van der Waals surface area contributed by atoms with Gasteiger partial charge in [0.15, 0.2) is 11.6 Å². The first-order valence-corrected chi connectivity index (χ1v) is 21.4. The summed E-state index contributed by atoms with van der Waals surface area (Å²) >= 11 is 0. The Morgan fingerprint density at radius 3 is 1.62 bits per heavy atom. The van der Waals surface area contributed by atoms with Gasteiger partial charge in [-0.1, -0.05) is 140 Å². The largest absolute Gasteiger partial charge is 0.456 e. The Balaban J connectivity index is 1.05. The van der Waals surface area contributed by atoms with E-state index in [4.69, 9.17) is 23.8 Å². The van der Waals surface area contributed by atoms with Crippen LogP contribution in [-0.2, 0) is 0 Å². The van der Waals surface area contributed by atoms with Crippen LogP contribution >= 0.6 is 0 Å². The molecule has 0 unspecified atom stereocenters. The predicted octanol–water partition coefficient (Wildman–Crippen LogP) is 14.9. The minimum atomic E-state index is 0.534. The number of aromatic nitrogens is 5. The predicted molar refractivity (Wildman–Crippen MR) is 259 cm³/mol. The molecule has 0 bridgehead atoms. The molecule has 0 radical (unpaired) electrons. The number of hydrogen-bond donors (Lipinski definition) is 0.